The molecule has 144 valence electrons. The average molecular weight is 381 g/mol. The molecule has 0 aliphatic carbocycles. The lowest BCUT2D eigenvalue weighted by Crippen LogP contribution is -2.27. The number of hydrogen-bond donors (Lipinski definition) is 1. The van der Waals surface area contributed by atoms with E-state index in [1.165, 1.54) is 0 Å². The van der Waals surface area contributed by atoms with Crippen molar-refractivity contribution in [3.8, 4) is 5.75 Å². The maximum atomic E-state index is 12.4. The van der Waals surface area contributed by atoms with Crippen molar-refractivity contribution in [3.63, 3.8) is 0 Å². The predicted molar refractivity (Wildman–Crippen MR) is 99.7 cm³/mol. The fraction of sp³-hybridized carbons (Fsp3) is 0.500. The van der Waals surface area contributed by atoms with Crippen LogP contribution in [0, 0.1) is 13.8 Å². The molecule has 0 atom stereocenters. The van der Waals surface area contributed by atoms with Crippen LogP contribution in [0.15, 0.2) is 33.7 Å². The smallest absolute Gasteiger partial charge is 0.246 e. The van der Waals surface area contributed by atoms with Crippen LogP contribution in [0.2, 0.25) is 0 Å². The van der Waals surface area contributed by atoms with E-state index in [4.69, 9.17) is 9.26 Å². The molecule has 0 aliphatic heterocycles. The van der Waals surface area contributed by atoms with Crippen LogP contribution in [0.25, 0.3) is 0 Å². The molecular weight excluding hydrogens is 354 g/mol. The summed E-state index contributed by atoms with van der Waals surface area (Å²) in [5, 5.41) is 3.69. The molecule has 7 nitrogen and oxygen atoms in total. The van der Waals surface area contributed by atoms with Crippen LogP contribution >= 0.6 is 0 Å². The fourth-order valence-corrected chi connectivity index (χ4v) is 3.99. The minimum Gasteiger partial charge on any atom is -0.492 e. The van der Waals surface area contributed by atoms with Crippen LogP contribution in [-0.4, -0.2) is 44.7 Å². The van der Waals surface area contributed by atoms with Gasteiger partial charge in [0.2, 0.25) is 10.0 Å². The van der Waals surface area contributed by atoms with E-state index in [0.717, 1.165) is 30.9 Å². The molecule has 0 amide bonds. The molecule has 8 heteroatoms. The highest BCUT2D eigenvalue weighted by Crippen LogP contribution is 2.19. The van der Waals surface area contributed by atoms with Crippen molar-refractivity contribution in [1.29, 1.82) is 0 Å². The van der Waals surface area contributed by atoms with Crippen molar-refractivity contribution in [2.24, 2.45) is 0 Å². The van der Waals surface area contributed by atoms with Crippen LogP contribution in [0.4, 0.5) is 0 Å². The SMILES string of the molecule is CCN(CC)CCOc1ccc(CNS(=O)(=O)c2c(C)noc2C)cc1. The van der Waals surface area contributed by atoms with Crippen LogP contribution in [0.5, 0.6) is 5.75 Å². The lowest BCUT2D eigenvalue weighted by atomic mass is 10.2. The number of nitrogens with zero attached hydrogens (tertiary/aromatic N) is 2. The first-order chi connectivity index (χ1) is 12.4. The number of rotatable bonds is 10. The monoisotopic (exact) mass is 381 g/mol. The maximum Gasteiger partial charge on any atom is 0.246 e. The standard InChI is InChI=1S/C18H27N3O4S/c1-5-21(6-2)11-12-24-17-9-7-16(8-10-17)13-19-26(22,23)18-14(3)20-25-15(18)4/h7-10,19H,5-6,11-13H2,1-4H3. The summed E-state index contributed by atoms with van der Waals surface area (Å²) in [5.41, 5.74) is 1.20. The van der Waals surface area contributed by atoms with Gasteiger partial charge in [0.15, 0.2) is 5.76 Å². The number of aryl methyl sites for hydroxylation is 2. The molecule has 1 heterocycles. The molecule has 0 radical (unpaired) electrons. The normalized spacial score (nSPS) is 11.9. The van der Waals surface area contributed by atoms with Gasteiger partial charge in [0.25, 0.3) is 0 Å². The van der Waals surface area contributed by atoms with Crippen LogP contribution < -0.4 is 9.46 Å². The van der Waals surface area contributed by atoms with E-state index < -0.39 is 10.0 Å². The van der Waals surface area contributed by atoms with Crippen molar-refractivity contribution >= 4 is 10.0 Å². The highest BCUT2D eigenvalue weighted by Gasteiger charge is 2.23. The average Bonchev–Trinajstić information content (AvgIpc) is 2.97. The minimum absolute atomic E-state index is 0.105. The van der Waals surface area contributed by atoms with Gasteiger partial charge in [-0.2, -0.15) is 0 Å². The molecule has 1 aromatic heterocycles. The Morgan fingerprint density at radius 2 is 1.81 bits per heavy atom. The molecule has 0 saturated heterocycles. The number of ether oxygens (including phenoxy) is 1. The first-order valence-corrected chi connectivity index (χ1v) is 10.2. The number of sulfonamides is 1. The molecule has 0 spiro atoms. The van der Waals surface area contributed by atoms with Crippen LogP contribution in [0.1, 0.15) is 30.9 Å². The number of likely N-dealkylation sites (N-methyl/N-ethyl adjacent to an activating group) is 1. The van der Waals surface area contributed by atoms with E-state index in [1.54, 1.807) is 13.8 Å². The lowest BCUT2D eigenvalue weighted by Gasteiger charge is -2.18. The quantitative estimate of drug-likeness (QED) is 0.681. The summed E-state index contributed by atoms with van der Waals surface area (Å²) in [4.78, 5) is 2.39. The molecule has 2 aromatic rings. The zero-order valence-corrected chi connectivity index (χ0v) is 16.6. The van der Waals surface area contributed by atoms with Gasteiger partial charge in [0.1, 0.15) is 22.9 Å². The van der Waals surface area contributed by atoms with Crippen molar-refractivity contribution in [2.75, 3.05) is 26.2 Å². The highest BCUT2D eigenvalue weighted by molar-refractivity contribution is 7.89. The van der Waals surface area contributed by atoms with E-state index in [1.807, 2.05) is 24.3 Å². The van der Waals surface area contributed by atoms with Gasteiger partial charge >= 0.3 is 0 Å². The molecule has 0 fully saturated rings. The zero-order chi connectivity index (χ0) is 19.2. The van der Waals surface area contributed by atoms with E-state index >= 15 is 0 Å². The number of aromatic nitrogens is 1. The lowest BCUT2D eigenvalue weighted by molar-refractivity contribution is 0.223. The van der Waals surface area contributed by atoms with E-state index in [-0.39, 0.29) is 17.2 Å². The Morgan fingerprint density at radius 3 is 2.35 bits per heavy atom. The Hall–Kier alpha value is -1.90. The maximum absolute atomic E-state index is 12.4. The summed E-state index contributed by atoms with van der Waals surface area (Å²) in [6.07, 6.45) is 0. The Kier molecular flexibility index (Phi) is 7.19. The highest BCUT2D eigenvalue weighted by atomic mass is 32.2. The second kappa shape index (κ2) is 9.16. The van der Waals surface area contributed by atoms with Crippen LogP contribution in [0.3, 0.4) is 0 Å². The molecule has 0 unspecified atom stereocenters. The largest absolute Gasteiger partial charge is 0.492 e. The first kappa shape index (κ1) is 20.4. The molecule has 0 bridgehead atoms. The summed E-state index contributed by atoms with van der Waals surface area (Å²) in [6.45, 7) is 11.1. The minimum atomic E-state index is -3.66. The fourth-order valence-electron chi connectivity index (χ4n) is 2.64. The van der Waals surface area contributed by atoms with Gasteiger partial charge in [-0.1, -0.05) is 31.1 Å². The van der Waals surface area contributed by atoms with E-state index in [2.05, 4.69) is 28.6 Å². The predicted octanol–water partition coefficient (Wildman–Crippen LogP) is 2.49. The van der Waals surface area contributed by atoms with Gasteiger partial charge in [-0.3, -0.25) is 0 Å². The molecular formula is C18H27N3O4S. The first-order valence-electron chi connectivity index (χ1n) is 8.74. The van der Waals surface area contributed by atoms with Gasteiger partial charge in [0, 0.05) is 13.1 Å². The van der Waals surface area contributed by atoms with Crippen molar-refractivity contribution < 1.29 is 17.7 Å². The summed E-state index contributed by atoms with van der Waals surface area (Å²) in [6, 6.07) is 7.40. The Bertz CT molecular complexity index is 777. The second-order valence-electron chi connectivity index (χ2n) is 6.00. The summed E-state index contributed by atoms with van der Waals surface area (Å²) in [5.74, 6) is 1.06. The van der Waals surface area contributed by atoms with Gasteiger partial charge in [-0.15, -0.1) is 0 Å². The summed E-state index contributed by atoms with van der Waals surface area (Å²) < 4.78 is 38.0. The van der Waals surface area contributed by atoms with Crippen molar-refractivity contribution in [2.45, 2.75) is 39.1 Å². The second-order valence-corrected chi connectivity index (χ2v) is 7.70. The third kappa shape index (κ3) is 5.30. The molecule has 26 heavy (non-hydrogen) atoms. The van der Waals surface area contributed by atoms with Gasteiger partial charge in [0.05, 0.1) is 0 Å². The molecule has 1 aromatic carbocycles. The number of hydrogen-bond acceptors (Lipinski definition) is 6. The summed E-state index contributed by atoms with van der Waals surface area (Å²) in [7, 11) is -3.66. The number of benzene rings is 1. The third-order valence-electron chi connectivity index (χ3n) is 4.20. The van der Waals surface area contributed by atoms with Crippen molar-refractivity contribution in [3.05, 3.63) is 41.3 Å². The zero-order valence-electron chi connectivity index (χ0n) is 15.8. The van der Waals surface area contributed by atoms with E-state index in [0.29, 0.717) is 12.3 Å². The Balaban J connectivity index is 1.89. The van der Waals surface area contributed by atoms with Crippen molar-refractivity contribution in [1.82, 2.24) is 14.8 Å². The molecule has 0 aliphatic rings. The topological polar surface area (TPSA) is 84.7 Å². The van der Waals surface area contributed by atoms with Crippen LogP contribution in [-0.2, 0) is 16.6 Å². The molecule has 0 saturated carbocycles. The Labute approximate surface area is 155 Å². The summed E-state index contributed by atoms with van der Waals surface area (Å²) >= 11 is 0. The molecule has 1 N–H and O–H groups in total. The van der Waals surface area contributed by atoms with E-state index in [9.17, 15) is 8.42 Å². The van der Waals surface area contributed by atoms with Gasteiger partial charge in [-0.25, -0.2) is 13.1 Å². The van der Waals surface area contributed by atoms with Gasteiger partial charge in [-0.05, 0) is 44.6 Å². The Morgan fingerprint density at radius 1 is 1.15 bits per heavy atom. The van der Waals surface area contributed by atoms with Gasteiger partial charge < -0.3 is 14.2 Å². The molecule has 2 rings (SSSR count). The third-order valence-corrected chi connectivity index (χ3v) is 5.84. The number of nitrogens with one attached hydrogen (secondary N) is 1.